The highest BCUT2D eigenvalue weighted by Gasteiger charge is 2.19. The maximum atomic E-state index is 11.1. The van der Waals surface area contributed by atoms with Gasteiger partial charge in [-0.15, -0.1) is 0 Å². The van der Waals surface area contributed by atoms with Crippen molar-refractivity contribution in [3.05, 3.63) is 23.0 Å². The van der Waals surface area contributed by atoms with Gasteiger partial charge in [0.15, 0.2) is 0 Å². The van der Waals surface area contributed by atoms with E-state index < -0.39 is 11.9 Å². The highest BCUT2D eigenvalue weighted by atomic mass is 16.5. The molecular weight excluding hydrogens is 198 g/mol. The number of rotatable bonds is 3. The second kappa shape index (κ2) is 4.16. The van der Waals surface area contributed by atoms with Gasteiger partial charge in [-0.05, 0) is 12.5 Å². The molecule has 0 aromatic carbocycles. The summed E-state index contributed by atoms with van der Waals surface area (Å²) in [7, 11) is 2.98. The molecule has 0 spiro atoms. The molecule has 0 saturated carbocycles. The quantitative estimate of drug-likeness (QED) is 0.749. The van der Waals surface area contributed by atoms with E-state index in [1.54, 1.807) is 24.7 Å². The van der Waals surface area contributed by atoms with Crippen LogP contribution < -0.4 is 0 Å². The Kier molecular flexibility index (Phi) is 3.14. The maximum absolute atomic E-state index is 11.1. The Hall–Kier alpha value is -1.78. The molecule has 0 bridgehead atoms. The first-order valence-electron chi connectivity index (χ1n) is 4.42. The minimum absolute atomic E-state index is 0.0253. The molecule has 82 valence electrons. The summed E-state index contributed by atoms with van der Waals surface area (Å²) >= 11 is 0. The fourth-order valence-electron chi connectivity index (χ4n) is 1.55. The highest BCUT2D eigenvalue weighted by molar-refractivity contribution is 5.92. The number of aromatic nitrogens is 1. The lowest BCUT2D eigenvalue weighted by Gasteiger charge is -2.03. The summed E-state index contributed by atoms with van der Waals surface area (Å²) in [5.41, 5.74) is 1.29. The van der Waals surface area contributed by atoms with E-state index in [0.717, 1.165) is 0 Å². The molecular formula is C10H13NO4. The van der Waals surface area contributed by atoms with Crippen molar-refractivity contribution in [1.29, 1.82) is 0 Å². The second-order valence-corrected chi connectivity index (χ2v) is 3.30. The third kappa shape index (κ3) is 2.18. The van der Waals surface area contributed by atoms with Gasteiger partial charge in [0.1, 0.15) is 0 Å². The Morgan fingerprint density at radius 2 is 2.13 bits per heavy atom. The molecule has 0 aliphatic rings. The van der Waals surface area contributed by atoms with Crippen LogP contribution in [0.4, 0.5) is 0 Å². The van der Waals surface area contributed by atoms with Crippen LogP contribution in [0.5, 0.6) is 0 Å². The Morgan fingerprint density at radius 1 is 1.53 bits per heavy atom. The fourth-order valence-corrected chi connectivity index (χ4v) is 1.55. The normalized spacial score (nSPS) is 10.1. The molecule has 0 atom stereocenters. The van der Waals surface area contributed by atoms with Gasteiger partial charge >= 0.3 is 11.9 Å². The number of carboxylic acids is 1. The first-order chi connectivity index (χ1) is 6.97. The number of aryl methyl sites for hydroxylation is 2. The highest BCUT2D eigenvalue weighted by Crippen LogP contribution is 2.16. The molecule has 0 saturated heterocycles. The first kappa shape index (κ1) is 11.3. The van der Waals surface area contributed by atoms with Crippen LogP contribution in [-0.2, 0) is 23.0 Å². The number of esters is 1. The first-order valence-corrected chi connectivity index (χ1v) is 4.42. The van der Waals surface area contributed by atoms with Gasteiger partial charge in [0.2, 0.25) is 0 Å². The predicted octanol–water partition coefficient (Wildman–Crippen LogP) is 0.747. The Balaban J connectivity index is 3.15. The summed E-state index contributed by atoms with van der Waals surface area (Å²) < 4.78 is 6.14. The van der Waals surface area contributed by atoms with Crippen LogP contribution in [0.15, 0.2) is 6.20 Å². The number of methoxy groups -OCH3 is 1. The molecule has 15 heavy (non-hydrogen) atoms. The second-order valence-electron chi connectivity index (χ2n) is 3.30. The zero-order valence-corrected chi connectivity index (χ0v) is 8.90. The largest absolute Gasteiger partial charge is 0.478 e. The monoisotopic (exact) mass is 211 g/mol. The van der Waals surface area contributed by atoms with Gasteiger partial charge in [-0.3, -0.25) is 4.79 Å². The lowest BCUT2D eigenvalue weighted by molar-refractivity contribution is -0.139. The number of carbonyl (C=O) groups excluding carboxylic acids is 1. The fraction of sp³-hybridized carbons (Fsp3) is 0.400. The van der Waals surface area contributed by atoms with Crippen LogP contribution in [0, 0.1) is 6.92 Å². The molecule has 0 unspecified atom stereocenters. The number of carbonyl (C=O) groups is 2. The third-order valence-corrected chi connectivity index (χ3v) is 2.25. The zero-order valence-electron chi connectivity index (χ0n) is 8.90. The molecule has 1 rings (SSSR count). The van der Waals surface area contributed by atoms with Crippen LogP contribution in [0.1, 0.15) is 21.6 Å². The number of hydrogen-bond acceptors (Lipinski definition) is 3. The van der Waals surface area contributed by atoms with Gasteiger partial charge in [0.05, 0.1) is 19.1 Å². The van der Waals surface area contributed by atoms with Crippen molar-refractivity contribution in [1.82, 2.24) is 4.57 Å². The molecule has 0 amide bonds. The summed E-state index contributed by atoms with van der Waals surface area (Å²) in [5.74, 6) is -1.47. The predicted molar refractivity (Wildman–Crippen MR) is 52.8 cm³/mol. The van der Waals surface area contributed by atoms with E-state index in [9.17, 15) is 9.59 Å². The van der Waals surface area contributed by atoms with Crippen molar-refractivity contribution in [2.45, 2.75) is 13.3 Å². The minimum atomic E-state index is -1.02. The van der Waals surface area contributed by atoms with Crippen molar-refractivity contribution in [3.8, 4) is 0 Å². The smallest absolute Gasteiger partial charge is 0.337 e. The van der Waals surface area contributed by atoms with Gasteiger partial charge in [-0.25, -0.2) is 4.79 Å². The van der Waals surface area contributed by atoms with Gasteiger partial charge < -0.3 is 14.4 Å². The average Bonchev–Trinajstić information content (AvgIpc) is 2.41. The number of hydrogen-bond donors (Lipinski definition) is 1. The average molecular weight is 211 g/mol. The molecule has 5 heteroatoms. The van der Waals surface area contributed by atoms with Gasteiger partial charge in [-0.2, -0.15) is 0 Å². The van der Waals surface area contributed by atoms with E-state index in [1.807, 2.05) is 0 Å². The summed E-state index contributed by atoms with van der Waals surface area (Å²) in [6.45, 7) is 1.70. The molecule has 1 heterocycles. The van der Waals surface area contributed by atoms with Crippen molar-refractivity contribution in [2.75, 3.05) is 7.11 Å². The Bertz CT molecular complexity index is 406. The topological polar surface area (TPSA) is 68.5 Å². The SMILES string of the molecule is COC(=O)Cc1c(C(=O)O)c(C)cn1C. The van der Waals surface area contributed by atoms with Crippen molar-refractivity contribution in [3.63, 3.8) is 0 Å². The summed E-state index contributed by atoms with van der Waals surface area (Å²) in [6.07, 6.45) is 1.66. The minimum Gasteiger partial charge on any atom is -0.478 e. The lowest BCUT2D eigenvalue weighted by Crippen LogP contribution is -2.12. The van der Waals surface area contributed by atoms with Gasteiger partial charge in [0, 0.05) is 18.9 Å². The van der Waals surface area contributed by atoms with E-state index >= 15 is 0 Å². The molecule has 1 aromatic rings. The van der Waals surface area contributed by atoms with Crippen LogP contribution in [0.3, 0.4) is 0 Å². The Morgan fingerprint density at radius 3 is 2.60 bits per heavy atom. The number of nitrogens with zero attached hydrogens (tertiary/aromatic N) is 1. The number of ether oxygens (including phenoxy) is 1. The van der Waals surface area contributed by atoms with E-state index in [1.165, 1.54) is 7.11 Å². The van der Waals surface area contributed by atoms with Crippen molar-refractivity contribution < 1.29 is 19.4 Å². The Labute approximate surface area is 87.3 Å². The zero-order chi connectivity index (χ0) is 11.6. The van der Waals surface area contributed by atoms with E-state index in [-0.39, 0.29) is 12.0 Å². The molecule has 0 fully saturated rings. The number of aromatic carboxylic acids is 1. The molecule has 5 nitrogen and oxygen atoms in total. The summed E-state index contributed by atoms with van der Waals surface area (Å²) in [6, 6.07) is 0. The van der Waals surface area contributed by atoms with Crippen LogP contribution in [-0.4, -0.2) is 28.7 Å². The summed E-state index contributed by atoms with van der Waals surface area (Å²) in [5, 5.41) is 8.98. The van der Waals surface area contributed by atoms with E-state index in [4.69, 9.17) is 5.11 Å². The van der Waals surface area contributed by atoms with Crippen molar-refractivity contribution >= 4 is 11.9 Å². The van der Waals surface area contributed by atoms with Crippen LogP contribution >= 0.6 is 0 Å². The van der Waals surface area contributed by atoms with Crippen LogP contribution in [0.2, 0.25) is 0 Å². The molecule has 1 aromatic heterocycles. The van der Waals surface area contributed by atoms with E-state index in [2.05, 4.69) is 4.74 Å². The molecule has 0 aliphatic heterocycles. The molecule has 0 aliphatic carbocycles. The van der Waals surface area contributed by atoms with Gasteiger partial charge in [0.25, 0.3) is 0 Å². The van der Waals surface area contributed by atoms with Crippen molar-refractivity contribution in [2.24, 2.45) is 7.05 Å². The van der Waals surface area contributed by atoms with E-state index in [0.29, 0.717) is 11.3 Å². The molecule has 1 N–H and O–H groups in total. The van der Waals surface area contributed by atoms with Gasteiger partial charge in [-0.1, -0.05) is 0 Å². The summed E-state index contributed by atoms with van der Waals surface area (Å²) in [4.78, 5) is 22.0. The van der Waals surface area contributed by atoms with Crippen LogP contribution in [0.25, 0.3) is 0 Å². The third-order valence-electron chi connectivity index (χ3n) is 2.25. The number of carboxylic acid groups (broad SMARTS) is 1. The lowest BCUT2D eigenvalue weighted by atomic mass is 10.1. The maximum Gasteiger partial charge on any atom is 0.337 e. The standard InChI is InChI=1S/C10H13NO4/c1-6-5-11(2)7(4-8(12)15-3)9(6)10(13)14/h5H,4H2,1-3H3,(H,13,14). The molecule has 0 radical (unpaired) electrons.